The highest BCUT2D eigenvalue weighted by molar-refractivity contribution is 6.52. The summed E-state index contributed by atoms with van der Waals surface area (Å²) < 4.78 is 4.32. The van der Waals surface area contributed by atoms with Gasteiger partial charge < -0.3 is 8.96 Å². The molecule has 13 heavy (non-hydrogen) atoms. The van der Waals surface area contributed by atoms with E-state index in [4.69, 9.17) is 0 Å². The van der Waals surface area contributed by atoms with Crippen LogP contribution in [0.3, 0.4) is 0 Å². The number of rotatable bonds is 0. The predicted octanol–water partition coefficient (Wildman–Crippen LogP) is 1.21. The molecule has 3 heterocycles. The Morgan fingerprint density at radius 2 is 2.38 bits per heavy atom. The van der Waals surface area contributed by atoms with Gasteiger partial charge in [0.2, 0.25) is 0 Å². The lowest BCUT2D eigenvalue weighted by Gasteiger charge is -2.20. The summed E-state index contributed by atoms with van der Waals surface area (Å²) in [5, 5.41) is 0. The van der Waals surface area contributed by atoms with Crippen LogP contribution in [0.4, 0.5) is 0 Å². The first-order chi connectivity index (χ1) is 6.36. The molecule has 61 valence electrons. The van der Waals surface area contributed by atoms with Gasteiger partial charge in [-0.2, -0.15) is 0 Å². The van der Waals surface area contributed by atoms with Crippen molar-refractivity contribution < 1.29 is 4.49 Å². The van der Waals surface area contributed by atoms with Crippen molar-refractivity contribution in [1.82, 2.24) is 4.48 Å². The zero-order chi connectivity index (χ0) is 8.84. The van der Waals surface area contributed by atoms with Gasteiger partial charge in [-0.25, -0.2) is 0 Å². The van der Waals surface area contributed by atoms with Crippen LogP contribution in [0.25, 0.3) is 6.08 Å². The van der Waals surface area contributed by atoms with Crippen LogP contribution in [-0.2, 0) is 0 Å². The molecule has 0 bridgehead atoms. The fourth-order valence-corrected chi connectivity index (χ4v) is 1.89. The van der Waals surface area contributed by atoms with Gasteiger partial charge in [0.25, 0.3) is 0 Å². The molecule has 0 spiro atoms. The molecule has 1 aromatic rings. The summed E-state index contributed by atoms with van der Waals surface area (Å²) in [5.74, 6) is 0. The molecule has 3 heteroatoms. The Kier molecular flexibility index (Phi) is 1.15. The molecule has 0 amide bonds. The van der Waals surface area contributed by atoms with E-state index in [1.807, 2.05) is 0 Å². The monoisotopic (exact) mass is 168 g/mol. The zero-order valence-electron chi connectivity index (χ0n) is 7.22. The second kappa shape index (κ2) is 2.19. The van der Waals surface area contributed by atoms with E-state index in [2.05, 4.69) is 58.6 Å². The predicted molar refractivity (Wildman–Crippen MR) is 54.4 cm³/mol. The summed E-state index contributed by atoms with van der Waals surface area (Å²) >= 11 is 0. The maximum atomic E-state index is 4.13. The summed E-state index contributed by atoms with van der Waals surface area (Å²) in [6, 6.07) is 4.16. The molecule has 2 nitrogen and oxygen atoms in total. The lowest BCUT2D eigenvalue weighted by atomic mass is 9.76. The highest BCUT2D eigenvalue weighted by Gasteiger charge is 2.30. The Hall–Kier alpha value is -1.64. The fraction of sp³-hybridized carbons (Fsp3) is 0. The fourth-order valence-electron chi connectivity index (χ4n) is 1.89. The summed E-state index contributed by atoms with van der Waals surface area (Å²) in [6.07, 6.45) is 10.5. The Morgan fingerprint density at radius 1 is 1.46 bits per heavy atom. The molecule has 1 radical (unpaired) electrons. The van der Waals surface area contributed by atoms with Gasteiger partial charge in [-0.3, -0.25) is 0 Å². The van der Waals surface area contributed by atoms with Crippen molar-refractivity contribution in [2.75, 3.05) is 0 Å². The van der Waals surface area contributed by atoms with Gasteiger partial charge in [0.15, 0.2) is 5.70 Å². The van der Waals surface area contributed by atoms with Crippen molar-refractivity contribution in [3.8, 4) is 0 Å². The third kappa shape index (κ3) is 0.787. The van der Waals surface area contributed by atoms with Crippen LogP contribution in [0.2, 0.25) is 0 Å². The molecule has 0 saturated heterocycles. The van der Waals surface area contributed by atoms with Crippen LogP contribution in [0.1, 0.15) is 5.69 Å². The molecule has 0 aromatic carbocycles. The summed E-state index contributed by atoms with van der Waals surface area (Å²) in [4.78, 5) is 0. The van der Waals surface area contributed by atoms with Crippen LogP contribution in [0.15, 0.2) is 36.2 Å². The Morgan fingerprint density at radius 3 is 3.31 bits per heavy atom. The third-order valence-electron chi connectivity index (χ3n) is 2.56. The van der Waals surface area contributed by atoms with Crippen LogP contribution >= 0.6 is 0 Å². The second-order valence-electron chi connectivity index (χ2n) is 3.31. The van der Waals surface area contributed by atoms with Crippen molar-refractivity contribution in [2.45, 2.75) is 0 Å². The van der Waals surface area contributed by atoms with E-state index in [0.717, 1.165) is 0 Å². The van der Waals surface area contributed by atoms with E-state index in [-0.39, 0.29) is 6.98 Å². The van der Waals surface area contributed by atoms with Crippen LogP contribution < -0.4 is 0 Å². The van der Waals surface area contributed by atoms with Crippen molar-refractivity contribution >= 4 is 19.3 Å². The summed E-state index contributed by atoms with van der Waals surface area (Å²) in [7, 11) is 0. The normalized spacial score (nSPS) is 19.4. The minimum absolute atomic E-state index is 0.153. The average molecular weight is 168 g/mol. The number of hydrogen-bond donors (Lipinski definition) is 0. The first-order valence-electron chi connectivity index (χ1n) is 4.38. The number of hydrogen-bond acceptors (Lipinski definition) is 0. The number of allylic oxidation sites excluding steroid dienone is 2. The third-order valence-corrected chi connectivity index (χ3v) is 2.56. The largest absolute Gasteiger partial charge is 0.574 e. The van der Waals surface area contributed by atoms with Gasteiger partial charge in [-0.1, -0.05) is 6.82 Å². The van der Waals surface area contributed by atoms with Gasteiger partial charge in [0.05, 0.1) is 0 Å². The standard InChI is InChI=1S/C10H9BN2/c1-11-12-6-2-4-9(12)8-10-5-3-7-13(10)11/h2-8H,1H2/q+1. The van der Waals surface area contributed by atoms with E-state index in [1.54, 1.807) is 0 Å². The first kappa shape index (κ1) is 6.84. The van der Waals surface area contributed by atoms with Crippen LogP contribution in [0, 0.1) is 6.82 Å². The van der Waals surface area contributed by atoms with Gasteiger partial charge in [0, 0.05) is 23.9 Å². The van der Waals surface area contributed by atoms with Gasteiger partial charge in [-0.05, 0) is 18.3 Å². The first-order valence-corrected chi connectivity index (χ1v) is 4.38. The van der Waals surface area contributed by atoms with Crippen molar-refractivity contribution in [2.24, 2.45) is 0 Å². The Labute approximate surface area is 77.6 Å². The van der Waals surface area contributed by atoms with E-state index < -0.39 is 0 Å². The molecule has 2 aliphatic heterocycles. The number of aromatic nitrogens is 1. The highest BCUT2D eigenvalue weighted by atomic mass is 15.1. The number of fused-ring (bicyclic) bond motifs is 2. The quantitative estimate of drug-likeness (QED) is 0.406. The number of nitrogens with zero attached hydrogens (tertiary/aromatic N) is 2. The maximum absolute atomic E-state index is 4.13. The van der Waals surface area contributed by atoms with Crippen LogP contribution in [-0.4, -0.2) is 22.2 Å². The molecular formula is C10H9BN2+. The molecule has 0 saturated carbocycles. The van der Waals surface area contributed by atoms with Crippen molar-refractivity contribution in [1.29, 1.82) is 0 Å². The molecular weight excluding hydrogens is 159 g/mol. The SMILES string of the molecule is [CH2+][B-]1n2cccc2C=C2C=CC=[N+]12. The Bertz CT molecular complexity index is 451. The van der Waals surface area contributed by atoms with Crippen molar-refractivity contribution in [3.05, 3.63) is 48.7 Å². The van der Waals surface area contributed by atoms with Crippen molar-refractivity contribution in [3.63, 3.8) is 0 Å². The Balaban J connectivity index is 2.26. The highest BCUT2D eigenvalue weighted by Crippen LogP contribution is 2.20. The van der Waals surface area contributed by atoms with E-state index in [1.165, 1.54) is 11.4 Å². The average Bonchev–Trinajstić information content (AvgIpc) is 2.71. The molecule has 0 unspecified atom stereocenters. The van der Waals surface area contributed by atoms with E-state index >= 15 is 0 Å². The van der Waals surface area contributed by atoms with Gasteiger partial charge >= 0.3 is 6.98 Å². The zero-order valence-corrected chi connectivity index (χ0v) is 7.22. The van der Waals surface area contributed by atoms with Crippen LogP contribution in [0.5, 0.6) is 0 Å². The molecule has 0 N–H and O–H groups in total. The summed E-state index contributed by atoms with van der Waals surface area (Å²) in [6.45, 7) is 4.28. The topological polar surface area (TPSA) is 7.94 Å². The minimum atomic E-state index is 0.153. The molecule has 0 fully saturated rings. The molecule has 2 aliphatic rings. The molecule has 0 aliphatic carbocycles. The molecule has 3 rings (SSSR count). The maximum Gasteiger partial charge on any atom is 0.574 e. The lowest BCUT2D eigenvalue weighted by molar-refractivity contribution is -0.314. The smallest absolute Gasteiger partial charge is 0.435 e. The lowest BCUT2D eigenvalue weighted by Crippen LogP contribution is -2.37. The summed E-state index contributed by atoms with van der Waals surface area (Å²) in [5.41, 5.74) is 2.46. The molecule has 0 atom stereocenters. The molecule has 1 aromatic heterocycles. The van der Waals surface area contributed by atoms with Gasteiger partial charge in [-0.15, -0.1) is 0 Å². The minimum Gasteiger partial charge on any atom is -0.435 e. The van der Waals surface area contributed by atoms with Gasteiger partial charge in [0.1, 0.15) is 6.21 Å². The second-order valence-corrected chi connectivity index (χ2v) is 3.31. The van der Waals surface area contributed by atoms with E-state index in [9.17, 15) is 0 Å². The van der Waals surface area contributed by atoms with E-state index in [0.29, 0.717) is 0 Å².